The first-order valence-electron chi connectivity index (χ1n) is 7.70. The molecule has 1 aliphatic rings. The summed E-state index contributed by atoms with van der Waals surface area (Å²) in [5.41, 5.74) is 0.875. The summed E-state index contributed by atoms with van der Waals surface area (Å²) in [7, 11) is 1.66. The number of nitrogens with zero attached hydrogens (tertiary/aromatic N) is 2. The van der Waals surface area contributed by atoms with Crippen molar-refractivity contribution in [3.63, 3.8) is 0 Å². The van der Waals surface area contributed by atoms with Crippen molar-refractivity contribution in [2.24, 2.45) is 5.92 Å². The van der Waals surface area contributed by atoms with Crippen LogP contribution in [0.15, 0.2) is 30.3 Å². The van der Waals surface area contributed by atoms with Gasteiger partial charge in [0.2, 0.25) is 0 Å². The number of ether oxygens (including phenoxy) is 1. The van der Waals surface area contributed by atoms with Crippen LogP contribution in [0.3, 0.4) is 0 Å². The van der Waals surface area contributed by atoms with Gasteiger partial charge in [0.25, 0.3) is 0 Å². The van der Waals surface area contributed by atoms with E-state index in [-0.39, 0.29) is 12.5 Å². The molecule has 1 atom stereocenters. The topological polar surface area (TPSA) is 65.8 Å². The Morgan fingerprint density at radius 3 is 2.73 bits per heavy atom. The number of hydrogen-bond donors (Lipinski definition) is 2. The van der Waals surface area contributed by atoms with Gasteiger partial charge in [0, 0.05) is 18.5 Å². The zero-order chi connectivity index (χ0) is 15.5. The molecule has 3 rings (SSSR count). The van der Waals surface area contributed by atoms with Crippen LogP contribution in [0.2, 0.25) is 0 Å². The number of benzene rings is 1. The third-order valence-electron chi connectivity index (χ3n) is 4.48. The molecule has 118 valence electrons. The number of fused-ring (bicyclic) bond motifs is 1. The van der Waals surface area contributed by atoms with Crippen molar-refractivity contribution in [2.75, 3.05) is 31.7 Å². The maximum Gasteiger partial charge on any atom is 0.145 e. The van der Waals surface area contributed by atoms with E-state index in [1.54, 1.807) is 7.11 Å². The van der Waals surface area contributed by atoms with E-state index in [2.05, 4.69) is 11.0 Å². The van der Waals surface area contributed by atoms with E-state index in [1.807, 2.05) is 24.3 Å². The zero-order valence-corrected chi connectivity index (χ0v) is 12.8. The Bertz CT molecular complexity index is 639. The molecule has 1 aliphatic heterocycles. The van der Waals surface area contributed by atoms with Crippen molar-refractivity contribution in [2.45, 2.75) is 18.9 Å². The van der Waals surface area contributed by atoms with Gasteiger partial charge in [-0.15, -0.1) is 0 Å². The van der Waals surface area contributed by atoms with Crippen molar-refractivity contribution >= 4 is 16.7 Å². The van der Waals surface area contributed by atoms with Crippen molar-refractivity contribution in [1.82, 2.24) is 4.98 Å². The molecule has 0 saturated carbocycles. The lowest BCUT2D eigenvalue weighted by Gasteiger charge is -2.34. The summed E-state index contributed by atoms with van der Waals surface area (Å²) in [5, 5.41) is 19.9. The predicted molar refractivity (Wildman–Crippen MR) is 86.3 cm³/mol. The number of rotatable bonds is 4. The Hall–Kier alpha value is -1.85. The highest BCUT2D eigenvalue weighted by molar-refractivity contribution is 5.85. The van der Waals surface area contributed by atoms with Crippen LogP contribution in [0.5, 0.6) is 5.75 Å². The molecule has 1 aromatic carbocycles. The molecule has 2 heterocycles. The summed E-state index contributed by atoms with van der Waals surface area (Å²) >= 11 is 0. The standard InChI is InChI=1S/C17H22N2O3/c1-22-15-4-2-3-13-5-6-16(18-17(13)15)19-9-7-12(8-10-19)14(21)11-20/h2-6,12,14,20-21H,7-11H2,1H3. The quantitative estimate of drug-likeness (QED) is 0.902. The molecular formula is C17H22N2O3. The van der Waals surface area contributed by atoms with E-state index in [0.717, 1.165) is 48.4 Å². The van der Waals surface area contributed by atoms with Gasteiger partial charge < -0.3 is 19.8 Å². The number of pyridine rings is 1. The summed E-state index contributed by atoms with van der Waals surface area (Å²) in [6, 6.07) is 10.0. The van der Waals surface area contributed by atoms with Crippen molar-refractivity contribution < 1.29 is 14.9 Å². The predicted octanol–water partition coefficient (Wildman–Crippen LogP) is 1.81. The van der Waals surface area contributed by atoms with E-state index >= 15 is 0 Å². The maximum atomic E-state index is 9.75. The fraction of sp³-hybridized carbons (Fsp3) is 0.471. The van der Waals surface area contributed by atoms with Gasteiger partial charge in [-0.3, -0.25) is 0 Å². The molecule has 5 nitrogen and oxygen atoms in total. The molecule has 1 fully saturated rings. The van der Waals surface area contributed by atoms with Crippen LogP contribution in [0.1, 0.15) is 12.8 Å². The zero-order valence-electron chi connectivity index (χ0n) is 12.8. The number of aromatic nitrogens is 1. The van der Waals surface area contributed by atoms with Gasteiger partial charge in [-0.05, 0) is 37.0 Å². The molecule has 0 radical (unpaired) electrons. The first kappa shape index (κ1) is 15.1. The van der Waals surface area contributed by atoms with Crippen LogP contribution >= 0.6 is 0 Å². The van der Waals surface area contributed by atoms with E-state index < -0.39 is 6.10 Å². The normalized spacial score (nSPS) is 17.7. The Balaban J connectivity index is 1.80. The fourth-order valence-electron chi connectivity index (χ4n) is 3.11. The molecule has 2 aromatic rings. The lowest BCUT2D eigenvalue weighted by molar-refractivity contribution is 0.0376. The summed E-state index contributed by atoms with van der Waals surface area (Å²) < 4.78 is 5.39. The molecule has 1 aromatic heterocycles. The Morgan fingerprint density at radius 1 is 1.27 bits per heavy atom. The second-order valence-corrected chi connectivity index (χ2v) is 5.78. The lowest BCUT2D eigenvalue weighted by Crippen LogP contribution is -2.39. The van der Waals surface area contributed by atoms with Gasteiger partial charge in [0.15, 0.2) is 0 Å². The van der Waals surface area contributed by atoms with Crippen LogP contribution in [-0.4, -0.2) is 48.1 Å². The van der Waals surface area contributed by atoms with E-state index in [0.29, 0.717) is 0 Å². The number of piperidine rings is 1. The maximum absolute atomic E-state index is 9.75. The first-order chi connectivity index (χ1) is 10.7. The smallest absolute Gasteiger partial charge is 0.145 e. The monoisotopic (exact) mass is 302 g/mol. The molecule has 22 heavy (non-hydrogen) atoms. The number of anilines is 1. The minimum Gasteiger partial charge on any atom is -0.494 e. The van der Waals surface area contributed by atoms with E-state index in [4.69, 9.17) is 14.8 Å². The first-order valence-corrected chi connectivity index (χ1v) is 7.70. The van der Waals surface area contributed by atoms with Crippen LogP contribution in [0.4, 0.5) is 5.82 Å². The van der Waals surface area contributed by atoms with Crippen molar-refractivity contribution in [3.05, 3.63) is 30.3 Å². The van der Waals surface area contributed by atoms with Gasteiger partial charge in [-0.2, -0.15) is 0 Å². The van der Waals surface area contributed by atoms with Crippen LogP contribution < -0.4 is 9.64 Å². The number of aliphatic hydroxyl groups is 2. The Labute approximate surface area is 130 Å². The Morgan fingerprint density at radius 2 is 2.05 bits per heavy atom. The molecule has 1 saturated heterocycles. The third-order valence-corrected chi connectivity index (χ3v) is 4.48. The number of aliphatic hydroxyl groups excluding tert-OH is 2. The summed E-state index contributed by atoms with van der Waals surface area (Å²) in [4.78, 5) is 6.98. The van der Waals surface area contributed by atoms with Crippen molar-refractivity contribution in [1.29, 1.82) is 0 Å². The average Bonchev–Trinajstić information content (AvgIpc) is 2.60. The Kier molecular flexibility index (Phi) is 4.45. The number of methoxy groups -OCH3 is 1. The molecule has 0 bridgehead atoms. The molecule has 5 heteroatoms. The lowest BCUT2D eigenvalue weighted by atomic mass is 9.91. The summed E-state index contributed by atoms with van der Waals surface area (Å²) in [5.74, 6) is 1.90. The fourth-order valence-corrected chi connectivity index (χ4v) is 3.11. The van der Waals surface area contributed by atoms with Crippen LogP contribution in [0, 0.1) is 5.92 Å². The molecule has 2 N–H and O–H groups in total. The number of hydrogen-bond acceptors (Lipinski definition) is 5. The third kappa shape index (κ3) is 2.87. The average molecular weight is 302 g/mol. The van der Waals surface area contributed by atoms with Gasteiger partial charge in [-0.25, -0.2) is 4.98 Å². The van der Waals surface area contributed by atoms with Gasteiger partial charge in [0.05, 0.1) is 19.8 Å². The van der Waals surface area contributed by atoms with Crippen LogP contribution in [0.25, 0.3) is 10.9 Å². The van der Waals surface area contributed by atoms with Gasteiger partial charge in [0.1, 0.15) is 17.1 Å². The van der Waals surface area contributed by atoms with Gasteiger partial charge >= 0.3 is 0 Å². The highest BCUT2D eigenvalue weighted by atomic mass is 16.5. The SMILES string of the molecule is COc1cccc2ccc(N3CCC(C(O)CO)CC3)nc12. The minimum absolute atomic E-state index is 0.157. The molecule has 0 amide bonds. The number of para-hydroxylation sites is 1. The second kappa shape index (κ2) is 6.50. The summed E-state index contributed by atoms with van der Waals surface area (Å²) in [6.45, 7) is 1.53. The van der Waals surface area contributed by atoms with Crippen LogP contribution in [-0.2, 0) is 0 Å². The highest BCUT2D eigenvalue weighted by Crippen LogP contribution is 2.29. The minimum atomic E-state index is -0.605. The molecule has 0 spiro atoms. The molecular weight excluding hydrogens is 280 g/mol. The van der Waals surface area contributed by atoms with E-state index in [1.165, 1.54) is 0 Å². The second-order valence-electron chi connectivity index (χ2n) is 5.78. The van der Waals surface area contributed by atoms with Crippen molar-refractivity contribution in [3.8, 4) is 5.75 Å². The van der Waals surface area contributed by atoms with E-state index in [9.17, 15) is 5.11 Å². The highest BCUT2D eigenvalue weighted by Gasteiger charge is 2.25. The van der Waals surface area contributed by atoms with Gasteiger partial charge in [-0.1, -0.05) is 12.1 Å². The molecule has 1 unspecified atom stereocenters. The largest absolute Gasteiger partial charge is 0.494 e. The summed E-state index contributed by atoms with van der Waals surface area (Å²) in [6.07, 6.45) is 1.13. The molecule has 0 aliphatic carbocycles.